The average molecular weight is 246 g/mol. The molecule has 2 rings (SSSR count). The Balaban J connectivity index is 2.55. The van der Waals surface area contributed by atoms with Crippen LogP contribution in [0.5, 0.6) is 0 Å². The predicted molar refractivity (Wildman–Crippen MR) is 53.0 cm³/mol. The van der Waals surface area contributed by atoms with Crippen LogP contribution in [0.1, 0.15) is 24.0 Å². The zero-order valence-corrected chi connectivity index (χ0v) is 8.86. The van der Waals surface area contributed by atoms with Crippen LogP contribution in [0.25, 0.3) is 0 Å². The van der Waals surface area contributed by atoms with Crippen LogP contribution in [0.2, 0.25) is 5.02 Å². The normalized spacial score (nSPS) is 17.9. The molecule has 1 aromatic carbocycles. The van der Waals surface area contributed by atoms with E-state index >= 15 is 0 Å². The molecule has 0 radical (unpaired) electrons. The van der Waals surface area contributed by atoms with Gasteiger partial charge in [0.05, 0.1) is 22.1 Å². The van der Waals surface area contributed by atoms with Gasteiger partial charge in [-0.1, -0.05) is 23.7 Å². The van der Waals surface area contributed by atoms with E-state index in [1.165, 1.54) is 12.1 Å². The maximum atomic E-state index is 12.6. The Morgan fingerprint density at radius 2 is 1.94 bits per heavy atom. The number of hydrogen-bond acceptors (Lipinski definition) is 1. The van der Waals surface area contributed by atoms with E-state index in [4.69, 9.17) is 16.9 Å². The summed E-state index contributed by atoms with van der Waals surface area (Å²) in [6.07, 6.45) is -3.33. The number of alkyl halides is 3. The van der Waals surface area contributed by atoms with E-state index in [0.29, 0.717) is 18.4 Å². The van der Waals surface area contributed by atoms with Crippen molar-refractivity contribution in [3.63, 3.8) is 0 Å². The summed E-state index contributed by atoms with van der Waals surface area (Å²) in [5.74, 6) is 0. The van der Waals surface area contributed by atoms with Crippen molar-refractivity contribution in [1.82, 2.24) is 0 Å². The molecule has 1 saturated carbocycles. The van der Waals surface area contributed by atoms with Crippen LogP contribution in [-0.4, -0.2) is 0 Å². The molecule has 0 bridgehead atoms. The van der Waals surface area contributed by atoms with Gasteiger partial charge in [0.25, 0.3) is 0 Å². The summed E-state index contributed by atoms with van der Waals surface area (Å²) in [5.41, 5.74) is -1.36. The van der Waals surface area contributed by atoms with Gasteiger partial charge in [0, 0.05) is 0 Å². The lowest BCUT2D eigenvalue weighted by Crippen LogP contribution is -2.11. The molecule has 0 aliphatic heterocycles. The van der Waals surface area contributed by atoms with Crippen molar-refractivity contribution in [3.8, 4) is 6.07 Å². The van der Waals surface area contributed by atoms with Crippen LogP contribution in [0.4, 0.5) is 13.2 Å². The number of nitrogens with zero attached hydrogens (tertiary/aromatic N) is 1. The standard InChI is InChI=1S/C11H7ClF3N/c12-9-7(10(6-16)4-5-10)2-1-3-8(9)11(13,14)15/h1-3H,4-5H2. The van der Waals surface area contributed by atoms with Crippen LogP contribution in [0.15, 0.2) is 18.2 Å². The molecule has 1 aliphatic carbocycles. The average Bonchev–Trinajstić information content (AvgIpc) is 2.97. The molecule has 1 nitrogen and oxygen atoms in total. The third-order valence-electron chi connectivity index (χ3n) is 2.78. The van der Waals surface area contributed by atoms with E-state index in [1.807, 2.05) is 6.07 Å². The number of rotatable bonds is 1. The lowest BCUT2D eigenvalue weighted by atomic mass is 9.95. The molecule has 0 amide bonds. The van der Waals surface area contributed by atoms with Gasteiger partial charge >= 0.3 is 6.18 Å². The minimum atomic E-state index is -4.47. The first-order chi connectivity index (χ1) is 7.41. The Bertz CT molecular complexity index is 469. The molecule has 0 spiro atoms. The van der Waals surface area contributed by atoms with Crippen molar-refractivity contribution in [2.24, 2.45) is 0 Å². The van der Waals surface area contributed by atoms with Gasteiger partial charge in [0.1, 0.15) is 0 Å². The zero-order valence-electron chi connectivity index (χ0n) is 8.11. The van der Waals surface area contributed by atoms with Crippen LogP contribution in [0, 0.1) is 11.3 Å². The molecule has 5 heteroatoms. The Hall–Kier alpha value is -1.21. The maximum absolute atomic E-state index is 12.6. The predicted octanol–water partition coefficient (Wildman–Crippen LogP) is 3.91. The van der Waals surface area contributed by atoms with Crippen LogP contribution < -0.4 is 0 Å². The molecule has 0 saturated heterocycles. The summed E-state index contributed by atoms with van der Waals surface area (Å²) in [4.78, 5) is 0. The Morgan fingerprint density at radius 3 is 2.38 bits per heavy atom. The highest BCUT2D eigenvalue weighted by Gasteiger charge is 2.48. The summed E-state index contributed by atoms with van der Waals surface area (Å²) in [7, 11) is 0. The highest BCUT2D eigenvalue weighted by molar-refractivity contribution is 6.32. The number of halogens is 4. The summed E-state index contributed by atoms with van der Waals surface area (Å²) in [5, 5.41) is 8.60. The third kappa shape index (κ3) is 1.65. The van der Waals surface area contributed by atoms with Gasteiger partial charge in [-0.05, 0) is 24.5 Å². The van der Waals surface area contributed by atoms with Gasteiger partial charge in [0.2, 0.25) is 0 Å². The molecule has 0 heterocycles. The van der Waals surface area contributed by atoms with E-state index in [2.05, 4.69) is 0 Å². The van der Waals surface area contributed by atoms with Gasteiger partial charge in [-0.15, -0.1) is 0 Å². The number of benzene rings is 1. The fourth-order valence-electron chi connectivity index (χ4n) is 1.69. The first kappa shape index (κ1) is 11.3. The fraction of sp³-hybridized carbons (Fsp3) is 0.364. The molecule has 0 unspecified atom stereocenters. The van der Waals surface area contributed by atoms with Crippen molar-refractivity contribution in [1.29, 1.82) is 5.26 Å². The van der Waals surface area contributed by atoms with Crippen LogP contribution in [0.3, 0.4) is 0 Å². The minimum absolute atomic E-state index is 0.298. The quantitative estimate of drug-likeness (QED) is 0.736. The van der Waals surface area contributed by atoms with Gasteiger partial charge in [-0.2, -0.15) is 18.4 Å². The Morgan fingerprint density at radius 1 is 1.31 bits per heavy atom. The zero-order chi connectivity index (χ0) is 12.0. The first-order valence-electron chi connectivity index (χ1n) is 4.68. The van der Waals surface area contributed by atoms with Crippen LogP contribution in [-0.2, 0) is 11.6 Å². The van der Waals surface area contributed by atoms with Crippen molar-refractivity contribution in [3.05, 3.63) is 34.3 Å². The first-order valence-corrected chi connectivity index (χ1v) is 5.06. The second-order valence-electron chi connectivity index (χ2n) is 3.86. The molecular formula is C11H7ClF3N. The topological polar surface area (TPSA) is 23.8 Å². The monoisotopic (exact) mass is 245 g/mol. The molecule has 0 N–H and O–H groups in total. The Kier molecular flexibility index (Phi) is 2.39. The fourth-order valence-corrected chi connectivity index (χ4v) is 2.10. The second kappa shape index (κ2) is 3.39. The summed E-state index contributed by atoms with van der Waals surface area (Å²) in [6, 6.07) is 5.75. The number of nitriles is 1. The van der Waals surface area contributed by atoms with E-state index in [9.17, 15) is 13.2 Å². The van der Waals surface area contributed by atoms with Crippen molar-refractivity contribution >= 4 is 11.6 Å². The van der Waals surface area contributed by atoms with E-state index < -0.39 is 17.2 Å². The van der Waals surface area contributed by atoms with Gasteiger partial charge in [0.15, 0.2) is 0 Å². The van der Waals surface area contributed by atoms with Crippen LogP contribution >= 0.6 is 11.6 Å². The van der Waals surface area contributed by atoms with E-state index in [1.54, 1.807) is 0 Å². The highest BCUT2D eigenvalue weighted by Crippen LogP contribution is 2.51. The molecular weight excluding hydrogens is 239 g/mol. The molecule has 0 atom stereocenters. The van der Waals surface area contributed by atoms with Gasteiger partial charge in [-0.3, -0.25) is 0 Å². The van der Waals surface area contributed by atoms with Crippen molar-refractivity contribution in [2.75, 3.05) is 0 Å². The summed E-state index contributed by atoms with van der Waals surface area (Å²) in [6.45, 7) is 0. The smallest absolute Gasteiger partial charge is 0.197 e. The number of hydrogen-bond donors (Lipinski definition) is 0. The van der Waals surface area contributed by atoms with Crippen molar-refractivity contribution in [2.45, 2.75) is 24.4 Å². The van der Waals surface area contributed by atoms with Gasteiger partial charge in [-0.25, -0.2) is 0 Å². The second-order valence-corrected chi connectivity index (χ2v) is 4.24. The van der Waals surface area contributed by atoms with Gasteiger partial charge < -0.3 is 0 Å². The third-order valence-corrected chi connectivity index (χ3v) is 3.19. The van der Waals surface area contributed by atoms with E-state index in [-0.39, 0.29) is 5.02 Å². The summed E-state index contributed by atoms with van der Waals surface area (Å²) < 4.78 is 37.7. The summed E-state index contributed by atoms with van der Waals surface area (Å²) >= 11 is 5.73. The molecule has 84 valence electrons. The molecule has 1 fully saturated rings. The largest absolute Gasteiger partial charge is 0.417 e. The SMILES string of the molecule is N#CC1(c2cccc(C(F)(F)F)c2Cl)CC1. The minimum Gasteiger partial charge on any atom is -0.197 e. The lowest BCUT2D eigenvalue weighted by molar-refractivity contribution is -0.137. The Labute approximate surface area is 95.4 Å². The molecule has 1 aliphatic rings. The molecule has 0 aromatic heterocycles. The lowest BCUT2D eigenvalue weighted by Gasteiger charge is -2.14. The molecule has 1 aromatic rings. The van der Waals surface area contributed by atoms with E-state index in [0.717, 1.165) is 6.07 Å². The highest BCUT2D eigenvalue weighted by atomic mass is 35.5. The maximum Gasteiger partial charge on any atom is 0.417 e. The van der Waals surface area contributed by atoms with Crippen molar-refractivity contribution < 1.29 is 13.2 Å². The molecule has 16 heavy (non-hydrogen) atoms.